The summed E-state index contributed by atoms with van der Waals surface area (Å²) in [6, 6.07) is 1.91. The summed E-state index contributed by atoms with van der Waals surface area (Å²) in [5, 5.41) is 0. The number of anilines is 1. The molecule has 2 rings (SSSR count). The van der Waals surface area contributed by atoms with Gasteiger partial charge in [0.05, 0.1) is 6.54 Å². The number of rotatable bonds is 1. The van der Waals surface area contributed by atoms with Crippen molar-refractivity contribution in [1.82, 2.24) is 9.97 Å². The van der Waals surface area contributed by atoms with E-state index in [1.807, 2.05) is 24.8 Å². The van der Waals surface area contributed by atoms with E-state index in [1.165, 1.54) is 0 Å². The molecule has 0 saturated carbocycles. The second-order valence-electron chi connectivity index (χ2n) is 3.75. The van der Waals surface area contributed by atoms with Gasteiger partial charge in [0.1, 0.15) is 17.8 Å². The Kier molecular flexibility index (Phi) is 2.35. The van der Waals surface area contributed by atoms with Crippen LogP contribution in [0.4, 0.5) is 10.2 Å². The molecule has 1 aromatic rings. The van der Waals surface area contributed by atoms with E-state index in [0.717, 1.165) is 23.9 Å². The van der Waals surface area contributed by atoms with Crippen molar-refractivity contribution in [3.8, 4) is 0 Å². The van der Waals surface area contributed by atoms with Gasteiger partial charge in [0.15, 0.2) is 0 Å². The number of aromatic nitrogens is 2. The second-order valence-corrected chi connectivity index (χ2v) is 3.75. The Hall–Kier alpha value is -1.19. The minimum atomic E-state index is -0.703. The zero-order valence-corrected chi connectivity index (χ0v) is 8.50. The van der Waals surface area contributed by atoms with Gasteiger partial charge in [0.25, 0.3) is 0 Å². The maximum atomic E-state index is 13.0. The van der Waals surface area contributed by atoms with Gasteiger partial charge in [-0.1, -0.05) is 0 Å². The molecule has 0 spiro atoms. The summed E-state index contributed by atoms with van der Waals surface area (Å²) in [4.78, 5) is 10.5. The molecule has 2 heterocycles. The number of halogens is 1. The lowest BCUT2D eigenvalue weighted by atomic mass is 10.3. The van der Waals surface area contributed by atoms with E-state index in [2.05, 4.69) is 9.97 Å². The molecule has 4 heteroatoms. The lowest BCUT2D eigenvalue weighted by molar-refractivity contribution is 0.364. The molecule has 14 heavy (non-hydrogen) atoms. The quantitative estimate of drug-likeness (QED) is 0.682. The third-order valence-electron chi connectivity index (χ3n) is 2.41. The molecule has 1 aliphatic rings. The first kappa shape index (κ1) is 9.37. The van der Waals surface area contributed by atoms with Crippen LogP contribution in [0.15, 0.2) is 6.07 Å². The van der Waals surface area contributed by atoms with Crippen LogP contribution in [0, 0.1) is 13.8 Å². The van der Waals surface area contributed by atoms with Crippen molar-refractivity contribution in [2.24, 2.45) is 0 Å². The van der Waals surface area contributed by atoms with Gasteiger partial charge in [-0.15, -0.1) is 0 Å². The highest BCUT2D eigenvalue weighted by Gasteiger charge is 2.22. The topological polar surface area (TPSA) is 29.0 Å². The van der Waals surface area contributed by atoms with Gasteiger partial charge in [-0.05, 0) is 20.3 Å². The van der Waals surface area contributed by atoms with Crippen LogP contribution < -0.4 is 4.90 Å². The Balaban J connectivity index is 2.23. The summed E-state index contributed by atoms with van der Waals surface area (Å²) in [7, 11) is 0. The van der Waals surface area contributed by atoms with Crippen LogP contribution in [-0.2, 0) is 0 Å². The fourth-order valence-electron chi connectivity index (χ4n) is 1.79. The van der Waals surface area contributed by atoms with Crippen molar-refractivity contribution in [3.63, 3.8) is 0 Å². The maximum absolute atomic E-state index is 13.0. The molecule has 0 aliphatic carbocycles. The van der Waals surface area contributed by atoms with E-state index in [4.69, 9.17) is 0 Å². The third kappa shape index (κ3) is 1.84. The van der Waals surface area contributed by atoms with Crippen molar-refractivity contribution >= 4 is 5.82 Å². The molecule has 0 amide bonds. The highest BCUT2D eigenvalue weighted by molar-refractivity contribution is 5.41. The first-order valence-electron chi connectivity index (χ1n) is 4.86. The lowest BCUT2D eigenvalue weighted by Crippen LogP contribution is -2.21. The summed E-state index contributed by atoms with van der Waals surface area (Å²) in [5.41, 5.74) is 0.940. The van der Waals surface area contributed by atoms with E-state index in [0.29, 0.717) is 13.0 Å². The van der Waals surface area contributed by atoms with E-state index in [-0.39, 0.29) is 0 Å². The molecular weight excluding hydrogens is 181 g/mol. The average Bonchev–Trinajstić information content (AvgIpc) is 2.50. The maximum Gasteiger partial charge on any atom is 0.132 e. The number of alkyl halides is 1. The minimum absolute atomic E-state index is 0.468. The largest absolute Gasteiger partial charge is 0.353 e. The van der Waals surface area contributed by atoms with Gasteiger partial charge in [0.2, 0.25) is 0 Å². The van der Waals surface area contributed by atoms with Crippen molar-refractivity contribution in [2.75, 3.05) is 18.0 Å². The van der Waals surface area contributed by atoms with Crippen molar-refractivity contribution in [2.45, 2.75) is 26.4 Å². The Morgan fingerprint density at radius 1 is 1.43 bits per heavy atom. The molecule has 1 fully saturated rings. The third-order valence-corrected chi connectivity index (χ3v) is 2.41. The zero-order valence-electron chi connectivity index (χ0n) is 8.50. The van der Waals surface area contributed by atoms with Crippen LogP contribution >= 0.6 is 0 Å². The molecule has 0 radical (unpaired) electrons. The monoisotopic (exact) mass is 195 g/mol. The molecule has 76 valence electrons. The summed E-state index contributed by atoms with van der Waals surface area (Å²) in [6.07, 6.45) is -0.0900. The van der Waals surface area contributed by atoms with Crippen molar-refractivity contribution in [1.29, 1.82) is 0 Å². The summed E-state index contributed by atoms with van der Waals surface area (Å²) in [5.74, 6) is 1.61. The standard InChI is InChI=1S/C10H14FN3/c1-7-5-10(13-8(2)12-7)14-4-3-9(11)6-14/h5,9H,3-4,6H2,1-2H3. The molecule has 0 bridgehead atoms. The van der Waals surface area contributed by atoms with Gasteiger partial charge in [0, 0.05) is 18.3 Å². The van der Waals surface area contributed by atoms with E-state index in [9.17, 15) is 4.39 Å². The number of aryl methyl sites for hydroxylation is 2. The van der Waals surface area contributed by atoms with E-state index >= 15 is 0 Å². The number of hydrogen-bond donors (Lipinski definition) is 0. The molecule has 3 nitrogen and oxygen atoms in total. The highest BCUT2D eigenvalue weighted by Crippen LogP contribution is 2.20. The van der Waals surface area contributed by atoms with E-state index in [1.54, 1.807) is 0 Å². The number of nitrogens with zero attached hydrogens (tertiary/aromatic N) is 3. The van der Waals surface area contributed by atoms with Crippen molar-refractivity contribution in [3.05, 3.63) is 17.6 Å². The van der Waals surface area contributed by atoms with Crippen LogP contribution in [0.1, 0.15) is 17.9 Å². The Morgan fingerprint density at radius 2 is 2.21 bits per heavy atom. The average molecular weight is 195 g/mol. The predicted molar refractivity (Wildman–Crippen MR) is 53.2 cm³/mol. The summed E-state index contributed by atoms with van der Waals surface area (Å²) >= 11 is 0. The number of hydrogen-bond acceptors (Lipinski definition) is 3. The lowest BCUT2D eigenvalue weighted by Gasteiger charge is -2.16. The van der Waals surface area contributed by atoms with Crippen LogP contribution in [-0.4, -0.2) is 29.2 Å². The Labute approximate surface area is 83.0 Å². The van der Waals surface area contributed by atoms with E-state index < -0.39 is 6.17 Å². The van der Waals surface area contributed by atoms with Gasteiger partial charge in [-0.25, -0.2) is 14.4 Å². The smallest absolute Gasteiger partial charge is 0.132 e. The van der Waals surface area contributed by atoms with Crippen LogP contribution in [0.5, 0.6) is 0 Å². The molecule has 1 aliphatic heterocycles. The first-order chi connectivity index (χ1) is 6.65. The minimum Gasteiger partial charge on any atom is -0.353 e. The molecule has 0 aromatic carbocycles. The van der Waals surface area contributed by atoms with Gasteiger partial charge < -0.3 is 4.90 Å². The van der Waals surface area contributed by atoms with Gasteiger partial charge in [-0.2, -0.15) is 0 Å². The van der Waals surface area contributed by atoms with Crippen LogP contribution in [0.2, 0.25) is 0 Å². The zero-order chi connectivity index (χ0) is 10.1. The Morgan fingerprint density at radius 3 is 2.79 bits per heavy atom. The second kappa shape index (κ2) is 3.52. The predicted octanol–water partition coefficient (Wildman–Crippen LogP) is 1.64. The van der Waals surface area contributed by atoms with Gasteiger partial charge >= 0.3 is 0 Å². The van der Waals surface area contributed by atoms with Crippen molar-refractivity contribution < 1.29 is 4.39 Å². The van der Waals surface area contributed by atoms with Crippen LogP contribution in [0.3, 0.4) is 0 Å². The molecule has 1 atom stereocenters. The molecule has 1 aromatic heterocycles. The normalized spacial score (nSPS) is 21.6. The fraction of sp³-hybridized carbons (Fsp3) is 0.600. The highest BCUT2D eigenvalue weighted by atomic mass is 19.1. The molecular formula is C10H14FN3. The first-order valence-corrected chi connectivity index (χ1v) is 4.86. The summed E-state index contributed by atoms with van der Waals surface area (Å²) in [6.45, 7) is 5.02. The molecule has 1 unspecified atom stereocenters. The fourth-order valence-corrected chi connectivity index (χ4v) is 1.79. The molecule has 0 N–H and O–H groups in total. The molecule has 1 saturated heterocycles. The van der Waals surface area contributed by atoms with Gasteiger partial charge in [-0.3, -0.25) is 0 Å². The SMILES string of the molecule is Cc1cc(N2CCC(F)C2)nc(C)n1. The van der Waals surface area contributed by atoms with Crippen LogP contribution in [0.25, 0.3) is 0 Å². The summed E-state index contributed by atoms with van der Waals surface area (Å²) < 4.78 is 13.0. The Bertz CT molecular complexity index is 320.